The molecule has 0 saturated heterocycles. The quantitative estimate of drug-likeness (QED) is 0.144. The molecule has 2 heteroatoms. The topological polar surface area (TPSA) is 16.4 Å². The standard InChI is InChI=1S/C67H45NO/c1-4-15-46(16-5-1)47-31-37-56(38-32-47)68(57-39-33-50(34-40-57)53-35-41-61-60-24-11-13-26-65(60)69-66(61)45-53)58-22-14-17-51(43-58)48-27-29-49(30-28-48)52-36-42-64-62(44-52)59-23-10-12-25-63(59)67(64,54-18-6-2-7-19-54)55-20-8-3-9-21-55/h1-45H. The largest absolute Gasteiger partial charge is 0.456 e. The highest BCUT2D eigenvalue weighted by Gasteiger charge is 2.46. The summed E-state index contributed by atoms with van der Waals surface area (Å²) >= 11 is 0. The molecule has 0 bridgehead atoms. The van der Waals surface area contributed by atoms with E-state index in [1.54, 1.807) is 0 Å². The molecule has 324 valence electrons. The van der Waals surface area contributed by atoms with E-state index in [1.807, 2.05) is 12.1 Å². The van der Waals surface area contributed by atoms with E-state index in [9.17, 15) is 0 Å². The van der Waals surface area contributed by atoms with Crippen molar-refractivity contribution < 1.29 is 4.42 Å². The highest BCUT2D eigenvalue weighted by molar-refractivity contribution is 6.06. The molecule has 0 unspecified atom stereocenters. The maximum atomic E-state index is 6.26. The van der Waals surface area contributed by atoms with Crippen molar-refractivity contribution in [3.05, 3.63) is 295 Å². The molecule has 0 radical (unpaired) electrons. The van der Waals surface area contributed by atoms with Crippen LogP contribution in [0.1, 0.15) is 22.3 Å². The Hall–Kier alpha value is -8.98. The Morgan fingerprint density at radius 3 is 1.38 bits per heavy atom. The molecule has 1 aromatic heterocycles. The van der Waals surface area contributed by atoms with Crippen LogP contribution in [-0.2, 0) is 5.41 Å². The molecule has 13 rings (SSSR count). The summed E-state index contributed by atoms with van der Waals surface area (Å²) in [4.78, 5) is 2.35. The van der Waals surface area contributed by atoms with Gasteiger partial charge in [0.25, 0.3) is 0 Å². The third kappa shape index (κ3) is 6.88. The molecule has 1 heterocycles. The highest BCUT2D eigenvalue weighted by Crippen LogP contribution is 2.56. The summed E-state index contributed by atoms with van der Waals surface area (Å²) in [7, 11) is 0. The Bertz CT molecular complexity index is 3760. The zero-order valence-corrected chi connectivity index (χ0v) is 37.8. The van der Waals surface area contributed by atoms with Gasteiger partial charge in [0.15, 0.2) is 0 Å². The van der Waals surface area contributed by atoms with Crippen LogP contribution in [0, 0.1) is 0 Å². The second kappa shape index (κ2) is 16.7. The summed E-state index contributed by atoms with van der Waals surface area (Å²) in [6.45, 7) is 0. The SMILES string of the molecule is c1ccc(-c2ccc(N(c3ccc(-c4ccc5c(c4)oc4ccccc45)cc3)c3cccc(-c4ccc(-c5ccc6c(c5)-c5ccccc5C6(c5ccccc5)c5ccccc5)cc4)c3)cc2)cc1. The Labute approximate surface area is 402 Å². The van der Waals surface area contributed by atoms with Crippen LogP contribution in [0.25, 0.3) is 77.6 Å². The van der Waals surface area contributed by atoms with Crippen molar-refractivity contribution in [2.45, 2.75) is 5.41 Å². The number of hydrogen-bond donors (Lipinski definition) is 0. The van der Waals surface area contributed by atoms with Gasteiger partial charge in [-0.3, -0.25) is 0 Å². The smallest absolute Gasteiger partial charge is 0.136 e. The summed E-state index contributed by atoms with van der Waals surface area (Å²) in [6.07, 6.45) is 0. The summed E-state index contributed by atoms with van der Waals surface area (Å²) in [5.74, 6) is 0. The Morgan fingerprint density at radius 1 is 0.261 bits per heavy atom. The lowest BCUT2D eigenvalue weighted by atomic mass is 9.67. The van der Waals surface area contributed by atoms with Gasteiger partial charge in [-0.25, -0.2) is 0 Å². The molecule has 69 heavy (non-hydrogen) atoms. The molecule has 0 atom stereocenters. The Balaban J connectivity index is 0.847. The van der Waals surface area contributed by atoms with E-state index >= 15 is 0 Å². The van der Waals surface area contributed by atoms with Gasteiger partial charge < -0.3 is 9.32 Å². The minimum atomic E-state index is -0.410. The first-order valence-electron chi connectivity index (χ1n) is 23.7. The number of fused-ring (bicyclic) bond motifs is 6. The lowest BCUT2D eigenvalue weighted by Crippen LogP contribution is -2.28. The second-order valence-corrected chi connectivity index (χ2v) is 18.0. The van der Waals surface area contributed by atoms with Crippen LogP contribution in [0.3, 0.4) is 0 Å². The van der Waals surface area contributed by atoms with Crippen LogP contribution in [0.2, 0.25) is 0 Å². The number of nitrogens with zero attached hydrogens (tertiary/aromatic N) is 1. The maximum Gasteiger partial charge on any atom is 0.136 e. The molecule has 11 aromatic carbocycles. The molecule has 12 aromatic rings. The molecule has 0 fully saturated rings. The van der Waals surface area contributed by atoms with Crippen LogP contribution in [-0.4, -0.2) is 0 Å². The van der Waals surface area contributed by atoms with Gasteiger partial charge in [0, 0.05) is 27.8 Å². The summed E-state index contributed by atoms with van der Waals surface area (Å²) in [5, 5.41) is 2.27. The monoisotopic (exact) mass is 879 g/mol. The number of furan rings is 1. The van der Waals surface area contributed by atoms with Gasteiger partial charge in [-0.2, -0.15) is 0 Å². The molecule has 1 aliphatic carbocycles. The van der Waals surface area contributed by atoms with E-state index in [1.165, 1.54) is 55.6 Å². The van der Waals surface area contributed by atoms with Crippen molar-refractivity contribution in [3.8, 4) is 55.6 Å². The molecule has 2 nitrogen and oxygen atoms in total. The molecule has 1 aliphatic rings. The summed E-state index contributed by atoms with van der Waals surface area (Å²) in [6, 6.07) is 99.1. The van der Waals surface area contributed by atoms with E-state index in [-0.39, 0.29) is 0 Å². The zero-order chi connectivity index (χ0) is 45.7. The normalized spacial score (nSPS) is 12.5. The van der Waals surface area contributed by atoms with E-state index in [4.69, 9.17) is 4.42 Å². The first-order valence-corrected chi connectivity index (χ1v) is 23.7. The van der Waals surface area contributed by atoms with Crippen molar-refractivity contribution in [2.24, 2.45) is 0 Å². The average Bonchev–Trinajstić information content (AvgIpc) is 3.95. The fourth-order valence-corrected chi connectivity index (χ4v) is 10.9. The first-order chi connectivity index (χ1) is 34.2. The predicted molar refractivity (Wildman–Crippen MR) is 287 cm³/mol. The van der Waals surface area contributed by atoms with Gasteiger partial charge in [0.05, 0.1) is 5.41 Å². The molecule has 0 amide bonds. The van der Waals surface area contributed by atoms with E-state index in [2.05, 4.69) is 266 Å². The first kappa shape index (κ1) is 40.3. The van der Waals surface area contributed by atoms with Crippen molar-refractivity contribution in [1.82, 2.24) is 0 Å². The predicted octanol–water partition coefficient (Wildman–Crippen LogP) is 18.1. The van der Waals surface area contributed by atoms with Crippen LogP contribution in [0.4, 0.5) is 17.1 Å². The molecule has 0 saturated carbocycles. The van der Waals surface area contributed by atoms with Gasteiger partial charge in [-0.05, 0) is 139 Å². The van der Waals surface area contributed by atoms with E-state index in [0.29, 0.717) is 0 Å². The van der Waals surface area contributed by atoms with Crippen LogP contribution >= 0.6 is 0 Å². The number of anilines is 3. The zero-order valence-electron chi connectivity index (χ0n) is 37.8. The minimum absolute atomic E-state index is 0.410. The average molecular weight is 880 g/mol. The van der Waals surface area contributed by atoms with Gasteiger partial charge in [0.1, 0.15) is 11.2 Å². The third-order valence-electron chi connectivity index (χ3n) is 14.2. The lowest BCUT2D eigenvalue weighted by Gasteiger charge is -2.33. The maximum absolute atomic E-state index is 6.26. The minimum Gasteiger partial charge on any atom is -0.456 e. The summed E-state index contributed by atoms with van der Waals surface area (Å²) < 4.78 is 6.26. The molecule has 0 N–H and O–H groups in total. The third-order valence-corrected chi connectivity index (χ3v) is 14.2. The lowest BCUT2D eigenvalue weighted by molar-refractivity contribution is 0.669. The molecular weight excluding hydrogens is 835 g/mol. The van der Waals surface area contributed by atoms with Crippen LogP contribution in [0.15, 0.2) is 277 Å². The second-order valence-electron chi connectivity index (χ2n) is 18.0. The fourth-order valence-electron chi connectivity index (χ4n) is 10.9. The van der Waals surface area contributed by atoms with Crippen molar-refractivity contribution in [2.75, 3.05) is 4.90 Å². The van der Waals surface area contributed by atoms with Crippen LogP contribution in [0.5, 0.6) is 0 Å². The molecular formula is C67H45NO. The van der Waals surface area contributed by atoms with Gasteiger partial charge in [-0.1, -0.05) is 212 Å². The highest BCUT2D eigenvalue weighted by atomic mass is 16.3. The molecule has 0 spiro atoms. The number of benzene rings is 11. The van der Waals surface area contributed by atoms with Crippen LogP contribution < -0.4 is 4.90 Å². The number of hydrogen-bond acceptors (Lipinski definition) is 2. The fraction of sp³-hybridized carbons (Fsp3) is 0.0149. The Morgan fingerprint density at radius 2 is 0.710 bits per heavy atom. The van der Waals surface area contributed by atoms with Crippen molar-refractivity contribution >= 4 is 39.0 Å². The van der Waals surface area contributed by atoms with Crippen molar-refractivity contribution in [3.63, 3.8) is 0 Å². The van der Waals surface area contributed by atoms with Gasteiger partial charge in [0.2, 0.25) is 0 Å². The Kier molecular flexibility index (Phi) is 9.77. The summed E-state index contributed by atoms with van der Waals surface area (Å²) in [5.41, 5.74) is 21.7. The van der Waals surface area contributed by atoms with E-state index in [0.717, 1.165) is 61.3 Å². The van der Waals surface area contributed by atoms with Gasteiger partial charge in [-0.15, -0.1) is 0 Å². The number of rotatable bonds is 9. The van der Waals surface area contributed by atoms with E-state index < -0.39 is 5.41 Å². The van der Waals surface area contributed by atoms with Gasteiger partial charge >= 0.3 is 0 Å². The number of para-hydroxylation sites is 1. The molecule has 0 aliphatic heterocycles. The van der Waals surface area contributed by atoms with Crippen molar-refractivity contribution in [1.29, 1.82) is 0 Å².